The molecule has 1 aromatic carbocycles. The number of amides is 2. The van der Waals surface area contributed by atoms with Crippen molar-refractivity contribution in [2.75, 3.05) is 49.1 Å². The highest BCUT2D eigenvalue weighted by Gasteiger charge is 2.33. The summed E-state index contributed by atoms with van der Waals surface area (Å²) in [6, 6.07) is 4.73. The van der Waals surface area contributed by atoms with Crippen molar-refractivity contribution < 1.29 is 18.7 Å². The Morgan fingerprint density at radius 1 is 1.36 bits per heavy atom. The Morgan fingerprint density at radius 3 is 2.82 bits per heavy atom. The molecule has 2 saturated heterocycles. The van der Waals surface area contributed by atoms with Gasteiger partial charge in [0.2, 0.25) is 5.91 Å². The molecule has 152 valence electrons. The van der Waals surface area contributed by atoms with E-state index in [2.05, 4.69) is 10.7 Å². The average Bonchev–Trinajstić information content (AvgIpc) is 2.85. The van der Waals surface area contributed by atoms with E-state index < -0.39 is 18.0 Å². The Hall–Kier alpha value is -2.46. The number of hydrogen-bond acceptors (Lipinski definition) is 6. The number of thiocarbonyl (C=S) groups is 1. The van der Waals surface area contributed by atoms with Gasteiger partial charge < -0.3 is 20.0 Å². The molecule has 0 unspecified atom stereocenters. The topological polar surface area (TPSA) is 77.2 Å². The SMILES string of the molecule is CC(=O)NC[C@H]1CN(c2ccc(N3CCNN(C(C)=S)CC3)c(F)c2)C(=O)O1. The number of halogens is 1. The highest BCUT2D eigenvalue weighted by Crippen LogP contribution is 2.28. The molecule has 8 nitrogen and oxygen atoms in total. The number of ether oxygens (including phenoxy) is 1. The normalized spacial score (nSPS) is 20.0. The summed E-state index contributed by atoms with van der Waals surface area (Å²) < 4.78 is 20.0. The quantitative estimate of drug-likeness (QED) is 0.725. The zero-order chi connectivity index (χ0) is 20.3. The summed E-state index contributed by atoms with van der Waals surface area (Å²) in [6.07, 6.45) is -1.01. The Labute approximate surface area is 168 Å². The van der Waals surface area contributed by atoms with Gasteiger partial charge in [-0.2, -0.15) is 0 Å². The maximum Gasteiger partial charge on any atom is 0.414 e. The van der Waals surface area contributed by atoms with Crippen molar-refractivity contribution in [2.45, 2.75) is 20.0 Å². The maximum atomic E-state index is 14.8. The van der Waals surface area contributed by atoms with E-state index in [1.807, 2.05) is 16.8 Å². The van der Waals surface area contributed by atoms with Crippen LogP contribution in [-0.4, -0.2) is 67.4 Å². The molecule has 2 aliphatic heterocycles. The van der Waals surface area contributed by atoms with Crippen molar-refractivity contribution in [1.82, 2.24) is 15.8 Å². The predicted octanol–water partition coefficient (Wildman–Crippen LogP) is 1.26. The Bertz CT molecular complexity index is 778. The van der Waals surface area contributed by atoms with Crippen LogP contribution in [0.2, 0.25) is 0 Å². The summed E-state index contributed by atoms with van der Waals surface area (Å²) in [7, 11) is 0. The fourth-order valence-electron chi connectivity index (χ4n) is 3.26. The molecule has 0 aromatic heterocycles. The number of rotatable bonds is 4. The fourth-order valence-corrected chi connectivity index (χ4v) is 3.41. The molecule has 2 aliphatic rings. The fraction of sp³-hybridized carbons (Fsp3) is 0.500. The first-order valence-electron chi connectivity index (χ1n) is 9.14. The van der Waals surface area contributed by atoms with Gasteiger partial charge in [-0.1, -0.05) is 12.2 Å². The number of anilines is 2. The number of nitrogens with one attached hydrogen (secondary N) is 2. The molecular formula is C18H24FN5O3S. The second kappa shape index (κ2) is 8.70. The molecule has 0 bridgehead atoms. The molecular weight excluding hydrogens is 385 g/mol. The summed E-state index contributed by atoms with van der Waals surface area (Å²) in [5.74, 6) is -0.595. The van der Waals surface area contributed by atoms with Gasteiger partial charge in [0.1, 0.15) is 11.9 Å². The molecule has 2 amide bonds. The van der Waals surface area contributed by atoms with Gasteiger partial charge in [-0.05, 0) is 25.1 Å². The molecule has 10 heteroatoms. The minimum absolute atomic E-state index is 0.195. The first-order valence-corrected chi connectivity index (χ1v) is 9.54. The molecule has 1 atom stereocenters. The maximum absolute atomic E-state index is 14.8. The molecule has 0 radical (unpaired) electrons. The standard InChI is InChI=1S/C18H24FN5O3S/c1-12(25)20-10-15-11-23(18(26)27-15)14-3-4-17(16(19)9-14)22-6-5-21-24(8-7-22)13(2)28/h3-4,9,15,21H,5-8,10-11H2,1-2H3,(H,20,25)/t15-/m0/s1. The third kappa shape index (κ3) is 4.68. The van der Waals surface area contributed by atoms with E-state index in [0.717, 1.165) is 4.99 Å². The number of carbonyl (C=O) groups excluding carboxylic acids is 2. The zero-order valence-corrected chi connectivity index (χ0v) is 16.7. The van der Waals surface area contributed by atoms with Gasteiger partial charge in [-0.3, -0.25) is 9.69 Å². The van der Waals surface area contributed by atoms with Gasteiger partial charge in [0.05, 0.1) is 36.0 Å². The zero-order valence-electron chi connectivity index (χ0n) is 15.9. The number of hydrogen-bond donors (Lipinski definition) is 2. The molecule has 2 heterocycles. The van der Waals surface area contributed by atoms with Gasteiger partial charge in [0.25, 0.3) is 0 Å². The lowest BCUT2D eigenvalue weighted by molar-refractivity contribution is -0.119. The third-order valence-corrected chi connectivity index (χ3v) is 4.91. The lowest BCUT2D eigenvalue weighted by Crippen LogP contribution is -2.41. The minimum Gasteiger partial charge on any atom is -0.442 e. The first kappa shape index (κ1) is 20.3. The van der Waals surface area contributed by atoms with E-state index in [1.54, 1.807) is 12.1 Å². The summed E-state index contributed by atoms with van der Waals surface area (Å²) >= 11 is 5.19. The minimum atomic E-state index is -0.548. The van der Waals surface area contributed by atoms with Crippen LogP contribution in [0.5, 0.6) is 0 Å². The number of nitrogens with zero attached hydrogens (tertiary/aromatic N) is 3. The average molecular weight is 409 g/mol. The Morgan fingerprint density at radius 2 is 2.14 bits per heavy atom. The first-order chi connectivity index (χ1) is 13.3. The lowest BCUT2D eigenvalue weighted by Gasteiger charge is -2.24. The van der Waals surface area contributed by atoms with Crippen LogP contribution >= 0.6 is 12.2 Å². The van der Waals surface area contributed by atoms with Gasteiger partial charge in [-0.15, -0.1) is 0 Å². The van der Waals surface area contributed by atoms with Crippen molar-refractivity contribution in [3.05, 3.63) is 24.0 Å². The highest BCUT2D eigenvalue weighted by molar-refractivity contribution is 7.80. The monoisotopic (exact) mass is 409 g/mol. The number of benzene rings is 1. The van der Waals surface area contributed by atoms with Gasteiger partial charge in [-0.25, -0.2) is 14.6 Å². The Balaban J connectivity index is 1.68. The second-order valence-electron chi connectivity index (χ2n) is 6.75. The number of carbonyl (C=O) groups is 2. The lowest BCUT2D eigenvalue weighted by atomic mass is 10.2. The number of hydrazine groups is 1. The largest absolute Gasteiger partial charge is 0.442 e. The van der Waals surface area contributed by atoms with Crippen LogP contribution < -0.4 is 20.5 Å². The van der Waals surface area contributed by atoms with Crippen molar-refractivity contribution in [3.8, 4) is 0 Å². The third-order valence-electron chi connectivity index (χ3n) is 4.69. The van der Waals surface area contributed by atoms with Gasteiger partial charge >= 0.3 is 6.09 Å². The molecule has 2 N–H and O–H groups in total. The van der Waals surface area contributed by atoms with Crippen LogP contribution in [0.4, 0.5) is 20.6 Å². The highest BCUT2D eigenvalue weighted by atomic mass is 32.1. The summed E-state index contributed by atoms with van der Waals surface area (Å²) in [6.45, 7) is 6.30. The molecule has 3 rings (SSSR count). The van der Waals surface area contributed by atoms with Crippen LogP contribution in [0.15, 0.2) is 18.2 Å². The van der Waals surface area contributed by atoms with Crippen LogP contribution in [0.1, 0.15) is 13.8 Å². The van der Waals surface area contributed by atoms with Crippen molar-refractivity contribution in [3.63, 3.8) is 0 Å². The Kier molecular flexibility index (Phi) is 6.30. The van der Waals surface area contributed by atoms with Gasteiger partial charge in [0.15, 0.2) is 0 Å². The number of cyclic esters (lactones) is 1. The van der Waals surface area contributed by atoms with Crippen molar-refractivity contribution in [2.24, 2.45) is 0 Å². The smallest absolute Gasteiger partial charge is 0.414 e. The molecule has 1 aromatic rings. The molecule has 0 saturated carbocycles. The van der Waals surface area contributed by atoms with Crippen LogP contribution in [0, 0.1) is 5.82 Å². The van der Waals surface area contributed by atoms with Gasteiger partial charge in [0, 0.05) is 26.6 Å². The van der Waals surface area contributed by atoms with E-state index in [1.165, 1.54) is 17.9 Å². The van der Waals surface area contributed by atoms with Crippen LogP contribution in [-0.2, 0) is 9.53 Å². The predicted molar refractivity (Wildman–Crippen MR) is 108 cm³/mol. The summed E-state index contributed by atoms with van der Waals surface area (Å²) in [5.41, 5.74) is 4.13. The summed E-state index contributed by atoms with van der Waals surface area (Å²) in [4.78, 5) is 27.2. The van der Waals surface area contributed by atoms with Crippen LogP contribution in [0.3, 0.4) is 0 Å². The van der Waals surface area contributed by atoms with E-state index in [-0.39, 0.29) is 19.0 Å². The molecule has 28 heavy (non-hydrogen) atoms. The molecule has 2 fully saturated rings. The molecule has 0 spiro atoms. The van der Waals surface area contributed by atoms with E-state index in [0.29, 0.717) is 37.6 Å². The van der Waals surface area contributed by atoms with E-state index in [4.69, 9.17) is 17.0 Å². The van der Waals surface area contributed by atoms with Crippen molar-refractivity contribution in [1.29, 1.82) is 0 Å². The summed E-state index contributed by atoms with van der Waals surface area (Å²) in [5, 5.41) is 4.50. The second-order valence-corrected chi connectivity index (χ2v) is 7.35. The van der Waals surface area contributed by atoms with Crippen LogP contribution in [0.25, 0.3) is 0 Å². The van der Waals surface area contributed by atoms with E-state index >= 15 is 0 Å². The molecule has 0 aliphatic carbocycles. The van der Waals surface area contributed by atoms with Crippen molar-refractivity contribution >= 4 is 40.6 Å². The van der Waals surface area contributed by atoms with E-state index in [9.17, 15) is 14.0 Å².